The molecular weight excluding hydrogens is 236 g/mol. The number of benzene rings is 1. The molecule has 1 aromatic carbocycles. The summed E-state index contributed by atoms with van der Waals surface area (Å²) in [5.41, 5.74) is 2.21. The van der Waals surface area contributed by atoms with Crippen LogP contribution in [0.4, 0.5) is 0 Å². The maximum absolute atomic E-state index is 11.0. The van der Waals surface area contributed by atoms with Crippen LogP contribution in [0.15, 0.2) is 24.3 Å². The highest BCUT2D eigenvalue weighted by Crippen LogP contribution is 2.15. The zero-order chi connectivity index (χ0) is 13.1. The second-order valence-corrected chi connectivity index (χ2v) is 7.03. The van der Waals surface area contributed by atoms with E-state index >= 15 is 0 Å². The van der Waals surface area contributed by atoms with E-state index in [0.29, 0.717) is 12.3 Å². The Morgan fingerprint density at radius 1 is 1.18 bits per heavy atom. The van der Waals surface area contributed by atoms with Gasteiger partial charge in [-0.3, -0.25) is 0 Å². The van der Waals surface area contributed by atoms with Crippen molar-refractivity contribution in [1.82, 2.24) is 0 Å². The molecule has 1 aromatic rings. The zero-order valence-corrected chi connectivity index (χ0v) is 11.4. The highest BCUT2D eigenvalue weighted by molar-refractivity contribution is 7.90. The van der Waals surface area contributed by atoms with Gasteiger partial charge in [-0.2, -0.15) is 0 Å². The summed E-state index contributed by atoms with van der Waals surface area (Å²) in [4.78, 5) is 0. The molecular formula is C13H20O3S. The van der Waals surface area contributed by atoms with Gasteiger partial charge in [-0.05, 0) is 23.5 Å². The molecule has 0 amide bonds. The SMILES string of the molecule is CC(C)c1ccc(CC(O)CS(C)(=O)=O)cc1. The van der Waals surface area contributed by atoms with Gasteiger partial charge in [-0.15, -0.1) is 0 Å². The Hall–Kier alpha value is -0.870. The minimum absolute atomic E-state index is 0.182. The van der Waals surface area contributed by atoms with Crippen LogP contribution in [0.1, 0.15) is 30.9 Å². The first kappa shape index (κ1) is 14.2. The van der Waals surface area contributed by atoms with E-state index < -0.39 is 15.9 Å². The predicted molar refractivity (Wildman–Crippen MR) is 70.0 cm³/mol. The molecule has 0 aliphatic heterocycles. The van der Waals surface area contributed by atoms with Gasteiger partial charge in [0.15, 0.2) is 0 Å². The van der Waals surface area contributed by atoms with Crippen molar-refractivity contribution in [3.05, 3.63) is 35.4 Å². The fourth-order valence-corrected chi connectivity index (χ4v) is 2.54. The molecule has 0 aliphatic rings. The van der Waals surface area contributed by atoms with Crippen molar-refractivity contribution in [2.75, 3.05) is 12.0 Å². The van der Waals surface area contributed by atoms with Gasteiger partial charge in [0.25, 0.3) is 0 Å². The van der Waals surface area contributed by atoms with Crippen LogP contribution in [0.2, 0.25) is 0 Å². The molecule has 0 saturated carbocycles. The highest BCUT2D eigenvalue weighted by atomic mass is 32.2. The molecule has 1 rings (SSSR count). The average molecular weight is 256 g/mol. The third-order valence-corrected chi connectivity index (χ3v) is 3.60. The monoisotopic (exact) mass is 256 g/mol. The number of sulfone groups is 1. The molecule has 0 heterocycles. The Labute approximate surface area is 103 Å². The lowest BCUT2D eigenvalue weighted by Crippen LogP contribution is -2.22. The molecule has 1 atom stereocenters. The van der Waals surface area contributed by atoms with Gasteiger partial charge in [0.2, 0.25) is 0 Å². The summed E-state index contributed by atoms with van der Waals surface area (Å²) < 4.78 is 22.0. The first-order chi connectivity index (χ1) is 7.78. The lowest BCUT2D eigenvalue weighted by Gasteiger charge is -2.11. The molecule has 0 bridgehead atoms. The van der Waals surface area contributed by atoms with Crippen molar-refractivity contribution in [2.45, 2.75) is 32.3 Å². The number of hydrogen-bond acceptors (Lipinski definition) is 3. The van der Waals surface area contributed by atoms with E-state index in [9.17, 15) is 13.5 Å². The first-order valence-corrected chi connectivity index (χ1v) is 7.78. The van der Waals surface area contributed by atoms with E-state index in [-0.39, 0.29) is 5.75 Å². The Morgan fingerprint density at radius 2 is 1.71 bits per heavy atom. The second-order valence-electron chi connectivity index (χ2n) is 4.85. The molecule has 0 fully saturated rings. The van der Waals surface area contributed by atoms with E-state index in [1.807, 2.05) is 24.3 Å². The van der Waals surface area contributed by atoms with Crippen LogP contribution in [0.25, 0.3) is 0 Å². The van der Waals surface area contributed by atoms with Crippen molar-refractivity contribution in [3.8, 4) is 0 Å². The fourth-order valence-electron chi connectivity index (χ4n) is 1.72. The standard InChI is InChI=1S/C13H20O3S/c1-10(2)12-6-4-11(5-7-12)8-13(14)9-17(3,15)16/h4-7,10,13-14H,8-9H2,1-3H3. The van der Waals surface area contributed by atoms with Gasteiger partial charge < -0.3 is 5.11 Å². The molecule has 17 heavy (non-hydrogen) atoms. The van der Waals surface area contributed by atoms with Crippen LogP contribution >= 0.6 is 0 Å². The number of rotatable bonds is 5. The number of aliphatic hydroxyl groups excluding tert-OH is 1. The van der Waals surface area contributed by atoms with Crippen molar-refractivity contribution in [1.29, 1.82) is 0 Å². The minimum atomic E-state index is -3.12. The number of aliphatic hydroxyl groups is 1. The average Bonchev–Trinajstić information content (AvgIpc) is 2.15. The van der Waals surface area contributed by atoms with E-state index in [2.05, 4.69) is 13.8 Å². The molecule has 4 heteroatoms. The Morgan fingerprint density at radius 3 is 2.12 bits per heavy atom. The topological polar surface area (TPSA) is 54.4 Å². The van der Waals surface area contributed by atoms with E-state index in [4.69, 9.17) is 0 Å². The molecule has 1 unspecified atom stereocenters. The smallest absolute Gasteiger partial charge is 0.150 e. The van der Waals surface area contributed by atoms with Crippen LogP contribution in [-0.4, -0.2) is 31.6 Å². The predicted octanol–water partition coefficient (Wildman–Crippen LogP) is 1.76. The summed E-state index contributed by atoms with van der Waals surface area (Å²) in [7, 11) is -3.12. The zero-order valence-electron chi connectivity index (χ0n) is 10.6. The lowest BCUT2D eigenvalue weighted by molar-refractivity contribution is 0.198. The van der Waals surface area contributed by atoms with Crippen LogP contribution in [0, 0.1) is 0 Å². The van der Waals surface area contributed by atoms with Crippen LogP contribution in [0.5, 0.6) is 0 Å². The summed E-state index contributed by atoms with van der Waals surface area (Å²) >= 11 is 0. The van der Waals surface area contributed by atoms with Crippen molar-refractivity contribution >= 4 is 9.84 Å². The van der Waals surface area contributed by atoms with Gasteiger partial charge in [-0.1, -0.05) is 38.1 Å². The Bertz CT molecular complexity index is 446. The molecule has 0 radical (unpaired) electrons. The third kappa shape index (κ3) is 5.33. The largest absolute Gasteiger partial charge is 0.392 e. The maximum Gasteiger partial charge on any atom is 0.150 e. The number of hydrogen-bond donors (Lipinski definition) is 1. The normalized spacial score (nSPS) is 13.9. The minimum Gasteiger partial charge on any atom is -0.392 e. The van der Waals surface area contributed by atoms with Crippen molar-refractivity contribution in [3.63, 3.8) is 0 Å². The van der Waals surface area contributed by atoms with Crippen LogP contribution in [0.3, 0.4) is 0 Å². The van der Waals surface area contributed by atoms with Gasteiger partial charge in [0.05, 0.1) is 11.9 Å². The lowest BCUT2D eigenvalue weighted by atomic mass is 10.00. The molecule has 0 saturated heterocycles. The molecule has 1 N–H and O–H groups in total. The van der Waals surface area contributed by atoms with Crippen LogP contribution in [-0.2, 0) is 16.3 Å². The molecule has 0 aromatic heterocycles. The quantitative estimate of drug-likeness (QED) is 0.873. The van der Waals surface area contributed by atoms with Crippen molar-refractivity contribution < 1.29 is 13.5 Å². The fraction of sp³-hybridized carbons (Fsp3) is 0.538. The maximum atomic E-state index is 11.0. The summed E-state index contributed by atoms with van der Waals surface area (Å²) in [5, 5.41) is 9.64. The van der Waals surface area contributed by atoms with Gasteiger partial charge in [-0.25, -0.2) is 8.42 Å². The molecule has 0 aliphatic carbocycles. The van der Waals surface area contributed by atoms with Gasteiger partial charge >= 0.3 is 0 Å². The highest BCUT2D eigenvalue weighted by Gasteiger charge is 2.12. The molecule has 3 nitrogen and oxygen atoms in total. The summed E-state index contributed by atoms with van der Waals surface area (Å²) in [5.74, 6) is 0.295. The van der Waals surface area contributed by atoms with E-state index in [1.165, 1.54) is 5.56 Å². The van der Waals surface area contributed by atoms with Gasteiger partial charge in [0.1, 0.15) is 9.84 Å². The first-order valence-electron chi connectivity index (χ1n) is 5.72. The Balaban J connectivity index is 2.63. The summed E-state index contributed by atoms with van der Waals surface area (Å²) in [6.07, 6.45) is 0.693. The summed E-state index contributed by atoms with van der Waals surface area (Å²) in [6, 6.07) is 7.93. The van der Waals surface area contributed by atoms with Crippen LogP contribution < -0.4 is 0 Å². The molecule has 96 valence electrons. The Kier molecular flexibility index (Phi) is 4.71. The van der Waals surface area contributed by atoms with E-state index in [0.717, 1.165) is 11.8 Å². The van der Waals surface area contributed by atoms with E-state index in [1.54, 1.807) is 0 Å². The third-order valence-electron chi connectivity index (χ3n) is 2.61. The van der Waals surface area contributed by atoms with Gasteiger partial charge in [0, 0.05) is 6.26 Å². The second kappa shape index (κ2) is 5.65. The molecule has 0 spiro atoms. The summed E-state index contributed by atoms with van der Waals surface area (Å²) in [6.45, 7) is 4.24. The van der Waals surface area contributed by atoms with Crippen molar-refractivity contribution in [2.24, 2.45) is 0 Å².